The highest BCUT2D eigenvalue weighted by molar-refractivity contribution is 5.11. The van der Waals surface area contributed by atoms with Gasteiger partial charge in [0.15, 0.2) is 5.75 Å². The maximum Gasteiger partial charge on any atom is 0.157 e. The van der Waals surface area contributed by atoms with E-state index in [0.29, 0.717) is 12.7 Å². The topological polar surface area (TPSA) is 48.3 Å². The van der Waals surface area contributed by atoms with Gasteiger partial charge in [-0.1, -0.05) is 0 Å². The molecule has 5 nitrogen and oxygen atoms in total. The largest absolute Gasteiger partial charge is 0.489 e. The summed E-state index contributed by atoms with van der Waals surface area (Å²) in [5.41, 5.74) is 0. The first-order valence-corrected chi connectivity index (χ1v) is 5.78. The van der Waals surface area contributed by atoms with E-state index in [0.717, 1.165) is 25.4 Å². The second-order valence-electron chi connectivity index (χ2n) is 4.04. The normalized spacial score (nSPS) is 20.2. The SMILES string of the molecule is Cn1cc(OCCNCC2CCCO2)cn1. The summed E-state index contributed by atoms with van der Waals surface area (Å²) < 4.78 is 12.7. The molecule has 1 fully saturated rings. The standard InChI is InChI=1S/C11H19N3O2/c1-14-9-11(8-13-14)16-6-4-12-7-10-3-2-5-15-10/h8-10,12H,2-7H2,1H3. The fourth-order valence-corrected chi connectivity index (χ4v) is 1.78. The third-order valence-electron chi connectivity index (χ3n) is 2.62. The predicted octanol–water partition coefficient (Wildman–Crippen LogP) is 0.567. The number of hydrogen-bond donors (Lipinski definition) is 1. The van der Waals surface area contributed by atoms with E-state index in [4.69, 9.17) is 9.47 Å². The maximum atomic E-state index is 5.50. The Morgan fingerprint density at radius 1 is 1.69 bits per heavy atom. The minimum Gasteiger partial charge on any atom is -0.489 e. The first-order chi connectivity index (χ1) is 7.84. The summed E-state index contributed by atoms with van der Waals surface area (Å²) in [7, 11) is 1.88. The fourth-order valence-electron chi connectivity index (χ4n) is 1.78. The van der Waals surface area contributed by atoms with Crippen LogP contribution in [0.5, 0.6) is 5.75 Å². The second kappa shape index (κ2) is 5.86. The van der Waals surface area contributed by atoms with Gasteiger partial charge in [0.05, 0.1) is 18.5 Å². The third-order valence-corrected chi connectivity index (χ3v) is 2.62. The van der Waals surface area contributed by atoms with E-state index < -0.39 is 0 Å². The van der Waals surface area contributed by atoms with Gasteiger partial charge < -0.3 is 14.8 Å². The Kier molecular flexibility index (Phi) is 4.18. The van der Waals surface area contributed by atoms with Crippen LogP contribution in [0, 0.1) is 0 Å². The number of ether oxygens (including phenoxy) is 2. The van der Waals surface area contributed by atoms with E-state index in [-0.39, 0.29) is 0 Å². The number of hydrogen-bond acceptors (Lipinski definition) is 4. The molecule has 1 atom stereocenters. The number of nitrogens with one attached hydrogen (secondary N) is 1. The van der Waals surface area contributed by atoms with Crippen LogP contribution in [-0.4, -0.2) is 42.2 Å². The molecular weight excluding hydrogens is 206 g/mol. The molecule has 1 saturated heterocycles. The van der Waals surface area contributed by atoms with Crippen molar-refractivity contribution in [3.8, 4) is 5.75 Å². The molecule has 2 rings (SSSR count). The minimum absolute atomic E-state index is 0.401. The summed E-state index contributed by atoms with van der Waals surface area (Å²) in [5.74, 6) is 0.821. The molecule has 0 amide bonds. The average molecular weight is 225 g/mol. The highest BCUT2D eigenvalue weighted by Gasteiger charge is 2.14. The van der Waals surface area contributed by atoms with Crippen LogP contribution in [0.25, 0.3) is 0 Å². The summed E-state index contributed by atoms with van der Waals surface area (Å²) in [6.07, 6.45) is 6.35. The molecule has 2 heterocycles. The fraction of sp³-hybridized carbons (Fsp3) is 0.727. The van der Waals surface area contributed by atoms with Crippen molar-refractivity contribution in [2.24, 2.45) is 7.05 Å². The van der Waals surface area contributed by atoms with Gasteiger partial charge in [0.2, 0.25) is 0 Å². The van der Waals surface area contributed by atoms with E-state index in [1.807, 2.05) is 13.2 Å². The van der Waals surface area contributed by atoms with Gasteiger partial charge in [-0.2, -0.15) is 5.10 Å². The van der Waals surface area contributed by atoms with Crippen molar-refractivity contribution >= 4 is 0 Å². The third kappa shape index (κ3) is 3.50. The van der Waals surface area contributed by atoms with Gasteiger partial charge in [0.25, 0.3) is 0 Å². The van der Waals surface area contributed by atoms with Gasteiger partial charge >= 0.3 is 0 Å². The van der Waals surface area contributed by atoms with Crippen molar-refractivity contribution in [3.05, 3.63) is 12.4 Å². The molecule has 16 heavy (non-hydrogen) atoms. The molecule has 90 valence electrons. The lowest BCUT2D eigenvalue weighted by molar-refractivity contribution is 0.109. The number of nitrogens with zero attached hydrogens (tertiary/aromatic N) is 2. The van der Waals surface area contributed by atoms with Crippen LogP contribution in [-0.2, 0) is 11.8 Å². The van der Waals surface area contributed by atoms with E-state index in [9.17, 15) is 0 Å². The smallest absolute Gasteiger partial charge is 0.157 e. The van der Waals surface area contributed by atoms with Crippen molar-refractivity contribution < 1.29 is 9.47 Å². The molecule has 1 aromatic heterocycles. The lowest BCUT2D eigenvalue weighted by Crippen LogP contribution is -2.29. The van der Waals surface area contributed by atoms with E-state index >= 15 is 0 Å². The van der Waals surface area contributed by atoms with E-state index in [1.54, 1.807) is 10.9 Å². The highest BCUT2D eigenvalue weighted by atomic mass is 16.5. The predicted molar refractivity (Wildman–Crippen MR) is 60.5 cm³/mol. The molecule has 0 spiro atoms. The molecule has 0 saturated carbocycles. The molecule has 1 aliphatic heterocycles. The molecule has 1 aliphatic rings. The maximum absolute atomic E-state index is 5.50. The molecule has 0 aliphatic carbocycles. The zero-order valence-corrected chi connectivity index (χ0v) is 9.69. The summed E-state index contributed by atoms with van der Waals surface area (Å²) in [6.45, 7) is 3.35. The molecule has 0 bridgehead atoms. The first-order valence-electron chi connectivity index (χ1n) is 5.78. The molecule has 5 heteroatoms. The van der Waals surface area contributed by atoms with Gasteiger partial charge in [0.1, 0.15) is 6.61 Å². The minimum atomic E-state index is 0.401. The van der Waals surface area contributed by atoms with E-state index in [1.165, 1.54) is 12.8 Å². The van der Waals surface area contributed by atoms with Gasteiger partial charge in [0, 0.05) is 26.7 Å². The summed E-state index contributed by atoms with van der Waals surface area (Å²) in [6, 6.07) is 0. The van der Waals surface area contributed by atoms with Crippen LogP contribution in [0.4, 0.5) is 0 Å². The van der Waals surface area contributed by atoms with Crippen LogP contribution < -0.4 is 10.1 Å². The summed E-state index contributed by atoms with van der Waals surface area (Å²) in [5, 5.41) is 7.36. The van der Waals surface area contributed by atoms with Crippen molar-refractivity contribution in [3.63, 3.8) is 0 Å². The van der Waals surface area contributed by atoms with E-state index in [2.05, 4.69) is 10.4 Å². The molecule has 1 N–H and O–H groups in total. The molecular formula is C11H19N3O2. The zero-order valence-electron chi connectivity index (χ0n) is 9.69. The summed E-state index contributed by atoms with van der Waals surface area (Å²) in [4.78, 5) is 0. The lowest BCUT2D eigenvalue weighted by Gasteiger charge is -2.10. The quantitative estimate of drug-likeness (QED) is 0.719. The van der Waals surface area contributed by atoms with Gasteiger partial charge in [-0.05, 0) is 12.8 Å². The van der Waals surface area contributed by atoms with Crippen molar-refractivity contribution in [2.45, 2.75) is 18.9 Å². The highest BCUT2D eigenvalue weighted by Crippen LogP contribution is 2.10. The van der Waals surface area contributed by atoms with Crippen molar-refractivity contribution in [1.29, 1.82) is 0 Å². The Morgan fingerprint density at radius 3 is 3.31 bits per heavy atom. The Morgan fingerprint density at radius 2 is 2.62 bits per heavy atom. The first kappa shape index (κ1) is 11.4. The van der Waals surface area contributed by atoms with Gasteiger partial charge in [-0.3, -0.25) is 4.68 Å². The zero-order chi connectivity index (χ0) is 11.2. The Bertz CT molecular complexity index is 308. The van der Waals surface area contributed by atoms with Crippen LogP contribution in [0.2, 0.25) is 0 Å². The summed E-state index contributed by atoms with van der Waals surface area (Å²) >= 11 is 0. The van der Waals surface area contributed by atoms with Crippen LogP contribution in [0.1, 0.15) is 12.8 Å². The van der Waals surface area contributed by atoms with Gasteiger partial charge in [-0.25, -0.2) is 0 Å². The molecule has 1 unspecified atom stereocenters. The molecule has 1 aromatic rings. The van der Waals surface area contributed by atoms with Gasteiger partial charge in [-0.15, -0.1) is 0 Å². The number of rotatable bonds is 6. The Labute approximate surface area is 95.7 Å². The second-order valence-corrected chi connectivity index (χ2v) is 4.04. The molecule has 0 radical (unpaired) electrons. The molecule has 0 aromatic carbocycles. The van der Waals surface area contributed by atoms with Crippen LogP contribution in [0.15, 0.2) is 12.4 Å². The lowest BCUT2D eigenvalue weighted by atomic mass is 10.2. The average Bonchev–Trinajstić information content (AvgIpc) is 2.89. The Balaban J connectivity index is 1.51. The number of aromatic nitrogens is 2. The number of aryl methyl sites for hydroxylation is 1. The van der Waals surface area contributed by atoms with Crippen LogP contribution in [0.3, 0.4) is 0 Å². The van der Waals surface area contributed by atoms with Crippen molar-refractivity contribution in [2.75, 3.05) is 26.3 Å². The van der Waals surface area contributed by atoms with Crippen molar-refractivity contribution in [1.82, 2.24) is 15.1 Å². The monoisotopic (exact) mass is 225 g/mol. The Hall–Kier alpha value is -1.07. The van der Waals surface area contributed by atoms with Crippen LogP contribution >= 0.6 is 0 Å².